The molecule has 0 amide bonds. The Hall–Kier alpha value is -0.180. The molecule has 74 valence electrons. The van der Waals surface area contributed by atoms with E-state index in [1.54, 1.807) is 0 Å². The second-order valence-corrected chi connectivity index (χ2v) is 3.33. The van der Waals surface area contributed by atoms with Gasteiger partial charge in [-0.3, -0.25) is 0 Å². The van der Waals surface area contributed by atoms with Crippen molar-refractivity contribution in [1.82, 2.24) is 0 Å². The first-order valence-corrected chi connectivity index (χ1v) is 4.86. The first kappa shape index (κ1) is 12.8. The van der Waals surface area contributed by atoms with E-state index in [2.05, 4.69) is 36.9 Å². The summed E-state index contributed by atoms with van der Waals surface area (Å²) in [5.74, 6) is 0.771. The van der Waals surface area contributed by atoms with E-state index in [1.807, 2.05) is 6.07 Å². The van der Waals surface area contributed by atoms with Gasteiger partial charge in [0.05, 0.1) is 0 Å². The van der Waals surface area contributed by atoms with Gasteiger partial charge in [0.2, 0.25) is 0 Å². The third kappa shape index (κ3) is 5.19. The fourth-order valence-electron chi connectivity index (χ4n) is 1.09. The zero-order valence-electron chi connectivity index (χ0n) is 7.52. The average molecular weight is 218 g/mol. The van der Waals surface area contributed by atoms with Crippen LogP contribution in [0.15, 0.2) is 30.3 Å². The average Bonchev–Trinajstić information content (AvgIpc) is 2.16. The molecule has 0 aliphatic rings. The summed E-state index contributed by atoms with van der Waals surface area (Å²) in [5, 5.41) is 0. The summed E-state index contributed by atoms with van der Waals surface area (Å²) in [4.78, 5) is 0. The Morgan fingerprint density at radius 3 is 2.38 bits per heavy atom. The lowest BCUT2D eigenvalue weighted by atomic mass is 10.1. The predicted molar refractivity (Wildman–Crippen MR) is 63.8 cm³/mol. The van der Waals surface area contributed by atoms with Gasteiger partial charge in [-0.2, -0.15) is 12.6 Å². The number of aryl methyl sites for hydroxylation is 1. The summed E-state index contributed by atoms with van der Waals surface area (Å²) in [6.07, 6.45) is 2.08. The van der Waals surface area contributed by atoms with Crippen LogP contribution in [0.25, 0.3) is 0 Å². The topological polar surface area (TPSA) is 26.0 Å². The van der Waals surface area contributed by atoms with Crippen LogP contribution in [0.4, 0.5) is 0 Å². The number of hydrogen-bond donors (Lipinski definition) is 2. The second kappa shape index (κ2) is 7.25. The highest BCUT2D eigenvalue weighted by molar-refractivity contribution is 7.80. The molecular weight excluding hydrogens is 202 g/mol. The summed E-state index contributed by atoms with van der Waals surface area (Å²) in [6.45, 7) is 0. The molecule has 1 unspecified atom stereocenters. The Labute approximate surface area is 91.5 Å². The molecular formula is C10H16ClNS. The largest absolute Gasteiger partial charge is 0.327 e. The van der Waals surface area contributed by atoms with Crippen molar-refractivity contribution >= 4 is 25.0 Å². The van der Waals surface area contributed by atoms with Gasteiger partial charge in [0.25, 0.3) is 0 Å². The first-order chi connectivity index (χ1) is 5.83. The van der Waals surface area contributed by atoms with E-state index in [-0.39, 0.29) is 18.4 Å². The number of halogens is 1. The van der Waals surface area contributed by atoms with Gasteiger partial charge in [0, 0.05) is 11.8 Å². The highest BCUT2D eigenvalue weighted by Gasteiger charge is 1.99. The molecule has 1 rings (SSSR count). The molecule has 0 fully saturated rings. The van der Waals surface area contributed by atoms with E-state index in [1.165, 1.54) is 5.56 Å². The van der Waals surface area contributed by atoms with Gasteiger partial charge >= 0.3 is 0 Å². The van der Waals surface area contributed by atoms with Crippen LogP contribution in [0.3, 0.4) is 0 Å². The molecule has 0 spiro atoms. The van der Waals surface area contributed by atoms with Crippen molar-refractivity contribution in [1.29, 1.82) is 0 Å². The van der Waals surface area contributed by atoms with Crippen LogP contribution in [0.5, 0.6) is 0 Å². The number of hydrogen-bond acceptors (Lipinski definition) is 2. The highest BCUT2D eigenvalue weighted by Crippen LogP contribution is 2.04. The van der Waals surface area contributed by atoms with Gasteiger partial charge in [-0.25, -0.2) is 0 Å². The first-order valence-electron chi connectivity index (χ1n) is 4.23. The van der Waals surface area contributed by atoms with Crippen LogP contribution < -0.4 is 5.73 Å². The fraction of sp³-hybridized carbons (Fsp3) is 0.400. The second-order valence-electron chi connectivity index (χ2n) is 2.97. The van der Waals surface area contributed by atoms with E-state index in [9.17, 15) is 0 Å². The summed E-state index contributed by atoms with van der Waals surface area (Å²) >= 11 is 4.14. The number of benzene rings is 1. The highest BCUT2D eigenvalue weighted by atomic mass is 35.5. The standard InChI is InChI=1S/C10H15NS.ClH/c11-10(8-12)7-6-9-4-2-1-3-5-9;/h1-5,10,12H,6-8,11H2;1H. The molecule has 0 radical (unpaired) electrons. The molecule has 13 heavy (non-hydrogen) atoms. The van der Waals surface area contributed by atoms with Crippen molar-refractivity contribution in [2.24, 2.45) is 5.73 Å². The monoisotopic (exact) mass is 217 g/mol. The van der Waals surface area contributed by atoms with Gasteiger partial charge in [-0.1, -0.05) is 30.3 Å². The minimum atomic E-state index is 0. The SMILES string of the molecule is Cl.NC(CS)CCc1ccccc1. The molecule has 1 aromatic rings. The van der Waals surface area contributed by atoms with Crippen LogP contribution in [0.1, 0.15) is 12.0 Å². The van der Waals surface area contributed by atoms with Crippen LogP contribution in [0, 0.1) is 0 Å². The molecule has 0 saturated heterocycles. The lowest BCUT2D eigenvalue weighted by Crippen LogP contribution is -2.22. The van der Waals surface area contributed by atoms with Crippen molar-refractivity contribution in [2.45, 2.75) is 18.9 Å². The molecule has 0 saturated carbocycles. The molecule has 0 aliphatic heterocycles. The number of thiol groups is 1. The summed E-state index contributed by atoms with van der Waals surface area (Å²) in [6, 6.07) is 10.6. The smallest absolute Gasteiger partial charge is 0.0131 e. The maximum Gasteiger partial charge on any atom is 0.0131 e. The van der Waals surface area contributed by atoms with Crippen LogP contribution in [-0.2, 0) is 6.42 Å². The molecule has 0 bridgehead atoms. The van der Waals surface area contributed by atoms with E-state index in [0.717, 1.165) is 18.6 Å². The van der Waals surface area contributed by atoms with Crippen molar-refractivity contribution in [3.8, 4) is 0 Å². The molecule has 3 heteroatoms. The zero-order valence-corrected chi connectivity index (χ0v) is 9.23. The van der Waals surface area contributed by atoms with Gasteiger partial charge in [-0.15, -0.1) is 12.4 Å². The Morgan fingerprint density at radius 2 is 1.85 bits per heavy atom. The van der Waals surface area contributed by atoms with Crippen molar-refractivity contribution < 1.29 is 0 Å². The normalized spacial score (nSPS) is 11.8. The Morgan fingerprint density at radius 1 is 1.23 bits per heavy atom. The Balaban J connectivity index is 0.00000144. The van der Waals surface area contributed by atoms with Crippen molar-refractivity contribution in [3.63, 3.8) is 0 Å². The lowest BCUT2D eigenvalue weighted by Gasteiger charge is -2.06. The van der Waals surface area contributed by atoms with Gasteiger partial charge in [0.15, 0.2) is 0 Å². The maximum atomic E-state index is 5.74. The zero-order chi connectivity index (χ0) is 8.81. The van der Waals surface area contributed by atoms with Gasteiger partial charge < -0.3 is 5.73 Å². The quantitative estimate of drug-likeness (QED) is 0.744. The van der Waals surface area contributed by atoms with Crippen molar-refractivity contribution in [2.75, 3.05) is 5.75 Å². The molecule has 1 nitrogen and oxygen atoms in total. The maximum absolute atomic E-state index is 5.74. The van der Waals surface area contributed by atoms with Crippen molar-refractivity contribution in [3.05, 3.63) is 35.9 Å². The molecule has 1 atom stereocenters. The molecule has 1 aromatic carbocycles. The number of rotatable bonds is 4. The molecule has 0 heterocycles. The van der Waals surface area contributed by atoms with Crippen LogP contribution in [-0.4, -0.2) is 11.8 Å². The molecule has 2 N–H and O–H groups in total. The molecule has 0 aliphatic carbocycles. The van der Waals surface area contributed by atoms with Crippen LogP contribution >= 0.6 is 25.0 Å². The molecule has 0 aromatic heterocycles. The Bertz CT molecular complexity index is 215. The van der Waals surface area contributed by atoms with E-state index >= 15 is 0 Å². The third-order valence-electron chi connectivity index (χ3n) is 1.88. The van der Waals surface area contributed by atoms with Crippen LogP contribution in [0.2, 0.25) is 0 Å². The summed E-state index contributed by atoms with van der Waals surface area (Å²) in [7, 11) is 0. The summed E-state index contributed by atoms with van der Waals surface area (Å²) in [5.41, 5.74) is 7.10. The van der Waals surface area contributed by atoms with E-state index < -0.39 is 0 Å². The van der Waals surface area contributed by atoms with Gasteiger partial charge in [-0.05, 0) is 18.4 Å². The Kier molecular flexibility index (Phi) is 7.14. The number of nitrogens with two attached hydrogens (primary N) is 1. The predicted octanol–water partition coefficient (Wildman–Crippen LogP) is 2.30. The van der Waals surface area contributed by atoms with E-state index in [4.69, 9.17) is 5.73 Å². The lowest BCUT2D eigenvalue weighted by molar-refractivity contribution is 0.676. The third-order valence-corrected chi connectivity index (χ3v) is 2.35. The van der Waals surface area contributed by atoms with E-state index in [0.29, 0.717) is 0 Å². The minimum absolute atomic E-state index is 0. The minimum Gasteiger partial charge on any atom is -0.327 e. The summed E-state index contributed by atoms with van der Waals surface area (Å²) < 4.78 is 0. The van der Waals surface area contributed by atoms with Gasteiger partial charge in [0.1, 0.15) is 0 Å². The fourth-order valence-corrected chi connectivity index (χ4v) is 1.27.